The Bertz CT molecular complexity index is 334. The van der Waals surface area contributed by atoms with Crippen molar-refractivity contribution in [2.24, 2.45) is 5.92 Å². The fourth-order valence-corrected chi connectivity index (χ4v) is 2.99. The first-order chi connectivity index (χ1) is 7.69. The topological polar surface area (TPSA) is 58.6 Å². The number of carboxylic acid groups (broad SMARTS) is 1. The third-order valence-corrected chi connectivity index (χ3v) is 4.00. The molecule has 1 aliphatic carbocycles. The van der Waals surface area contributed by atoms with Gasteiger partial charge < -0.3 is 9.84 Å². The predicted octanol–water partition coefficient (Wildman–Crippen LogP) is 1.79. The molecule has 2 fully saturated rings. The number of aliphatic carboxylic acids is 1. The molecular formula is C13H23NO3. The Labute approximate surface area is 103 Å². The highest BCUT2D eigenvalue weighted by Crippen LogP contribution is 2.45. The van der Waals surface area contributed by atoms with Gasteiger partial charge in [-0.05, 0) is 53.0 Å². The smallest absolute Gasteiger partial charge is 0.327 e. The summed E-state index contributed by atoms with van der Waals surface area (Å²) in [5.41, 5.74) is -2.03. The molecule has 4 heteroatoms. The first kappa shape index (κ1) is 12.8. The van der Waals surface area contributed by atoms with Gasteiger partial charge in [0.25, 0.3) is 0 Å². The summed E-state index contributed by atoms with van der Waals surface area (Å²) in [6.45, 7) is 8.44. The lowest BCUT2D eigenvalue weighted by molar-refractivity contribution is -0.153. The van der Waals surface area contributed by atoms with Crippen molar-refractivity contribution in [2.45, 2.75) is 63.7 Å². The van der Waals surface area contributed by atoms with Crippen LogP contribution in [0.4, 0.5) is 0 Å². The first-order valence-electron chi connectivity index (χ1n) is 6.37. The van der Waals surface area contributed by atoms with Crippen LogP contribution in [-0.2, 0) is 9.53 Å². The summed E-state index contributed by atoms with van der Waals surface area (Å²) in [7, 11) is 0. The van der Waals surface area contributed by atoms with Crippen molar-refractivity contribution in [2.75, 3.05) is 6.54 Å². The number of carbonyl (C=O) groups is 1. The lowest BCUT2D eigenvalue weighted by Gasteiger charge is -2.36. The van der Waals surface area contributed by atoms with Gasteiger partial charge in [0.05, 0.1) is 11.2 Å². The maximum Gasteiger partial charge on any atom is 0.327 e. The van der Waals surface area contributed by atoms with E-state index in [9.17, 15) is 9.90 Å². The van der Waals surface area contributed by atoms with E-state index in [-0.39, 0.29) is 0 Å². The van der Waals surface area contributed by atoms with Crippen LogP contribution < -0.4 is 5.32 Å². The van der Waals surface area contributed by atoms with Crippen molar-refractivity contribution in [3.8, 4) is 0 Å². The molecule has 0 aromatic rings. The van der Waals surface area contributed by atoms with Crippen molar-refractivity contribution >= 4 is 5.97 Å². The Morgan fingerprint density at radius 3 is 2.29 bits per heavy atom. The third kappa shape index (κ3) is 2.20. The summed E-state index contributed by atoms with van der Waals surface area (Å²) < 4.78 is 5.92. The molecule has 0 spiro atoms. The van der Waals surface area contributed by atoms with Gasteiger partial charge in [0.15, 0.2) is 0 Å². The van der Waals surface area contributed by atoms with Crippen molar-refractivity contribution in [1.82, 2.24) is 5.32 Å². The minimum absolute atomic E-state index is 0.390. The molecule has 17 heavy (non-hydrogen) atoms. The van der Waals surface area contributed by atoms with Gasteiger partial charge in [0.1, 0.15) is 5.54 Å². The maximum atomic E-state index is 11.7. The summed E-state index contributed by atoms with van der Waals surface area (Å²) in [6, 6.07) is 0. The number of hydrogen-bond donors (Lipinski definition) is 2. The quantitative estimate of drug-likeness (QED) is 0.788. The highest BCUT2D eigenvalue weighted by atomic mass is 16.5. The molecule has 0 bridgehead atoms. The van der Waals surface area contributed by atoms with Crippen LogP contribution >= 0.6 is 0 Å². The monoisotopic (exact) mass is 241 g/mol. The minimum Gasteiger partial charge on any atom is -0.480 e. The average Bonchev–Trinajstić information content (AvgIpc) is 2.89. The molecule has 1 unspecified atom stereocenters. The number of ether oxygens (including phenoxy) is 1. The fraction of sp³-hybridized carbons (Fsp3) is 0.923. The van der Waals surface area contributed by atoms with E-state index in [4.69, 9.17) is 4.74 Å². The average molecular weight is 241 g/mol. The summed E-state index contributed by atoms with van der Waals surface area (Å²) >= 11 is 0. The van der Waals surface area contributed by atoms with E-state index in [2.05, 4.69) is 5.32 Å². The normalized spacial score (nSPS) is 34.8. The van der Waals surface area contributed by atoms with Crippen molar-refractivity contribution in [3.05, 3.63) is 0 Å². The molecule has 2 N–H and O–H groups in total. The van der Waals surface area contributed by atoms with Gasteiger partial charge in [-0.2, -0.15) is 0 Å². The largest absolute Gasteiger partial charge is 0.480 e. The van der Waals surface area contributed by atoms with Crippen LogP contribution in [0.2, 0.25) is 0 Å². The SMILES string of the molecule is CC1(C)CC(NCC2CC2)(C(=O)O)C(C)(C)O1. The van der Waals surface area contributed by atoms with Gasteiger partial charge in [-0.3, -0.25) is 10.1 Å². The van der Waals surface area contributed by atoms with E-state index in [1.807, 2.05) is 27.7 Å². The highest BCUT2D eigenvalue weighted by molar-refractivity contribution is 5.81. The second kappa shape index (κ2) is 3.69. The molecule has 0 radical (unpaired) electrons. The number of nitrogens with one attached hydrogen (secondary N) is 1. The van der Waals surface area contributed by atoms with Crippen molar-refractivity contribution in [1.29, 1.82) is 0 Å². The molecule has 1 saturated carbocycles. The summed E-state index contributed by atoms with van der Waals surface area (Å²) in [4.78, 5) is 11.7. The van der Waals surface area contributed by atoms with E-state index < -0.39 is 22.7 Å². The van der Waals surface area contributed by atoms with Crippen molar-refractivity contribution in [3.63, 3.8) is 0 Å². The molecule has 2 rings (SSSR count). The Morgan fingerprint density at radius 2 is 1.94 bits per heavy atom. The Morgan fingerprint density at radius 1 is 1.35 bits per heavy atom. The molecule has 1 aliphatic heterocycles. The van der Waals surface area contributed by atoms with E-state index in [0.717, 1.165) is 6.54 Å². The molecular weight excluding hydrogens is 218 g/mol. The number of hydrogen-bond acceptors (Lipinski definition) is 3. The summed E-state index contributed by atoms with van der Waals surface area (Å²) in [5, 5.41) is 12.9. The van der Waals surface area contributed by atoms with Crippen LogP contribution in [0.15, 0.2) is 0 Å². The van der Waals surface area contributed by atoms with Gasteiger partial charge in [-0.25, -0.2) is 0 Å². The zero-order chi connectivity index (χ0) is 12.9. The summed E-state index contributed by atoms with van der Waals surface area (Å²) in [5.74, 6) is -0.139. The molecule has 4 nitrogen and oxygen atoms in total. The van der Waals surface area contributed by atoms with Crippen LogP contribution in [0.25, 0.3) is 0 Å². The molecule has 98 valence electrons. The van der Waals surface area contributed by atoms with Gasteiger partial charge >= 0.3 is 5.97 Å². The Hall–Kier alpha value is -0.610. The molecule has 0 amide bonds. The minimum atomic E-state index is -0.959. The van der Waals surface area contributed by atoms with Crippen molar-refractivity contribution < 1.29 is 14.6 Å². The van der Waals surface area contributed by atoms with Gasteiger partial charge in [0.2, 0.25) is 0 Å². The lowest BCUT2D eigenvalue weighted by Crippen LogP contribution is -2.63. The first-order valence-corrected chi connectivity index (χ1v) is 6.37. The lowest BCUT2D eigenvalue weighted by atomic mass is 9.79. The van der Waals surface area contributed by atoms with E-state index in [1.165, 1.54) is 12.8 Å². The maximum absolute atomic E-state index is 11.7. The molecule has 0 aromatic carbocycles. The van der Waals surface area contributed by atoms with E-state index in [0.29, 0.717) is 12.3 Å². The zero-order valence-electron chi connectivity index (χ0n) is 11.2. The number of rotatable bonds is 4. The molecule has 1 heterocycles. The predicted molar refractivity (Wildman–Crippen MR) is 65.0 cm³/mol. The molecule has 2 aliphatic rings. The highest BCUT2D eigenvalue weighted by Gasteiger charge is 2.62. The van der Waals surface area contributed by atoms with Crippen LogP contribution in [0.1, 0.15) is 47.0 Å². The summed E-state index contributed by atoms with van der Waals surface area (Å²) in [6.07, 6.45) is 2.94. The van der Waals surface area contributed by atoms with Crippen LogP contribution in [-0.4, -0.2) is 34.4 Å². The standard InChI is InChI=1S/C13H23NO3/c1-11(2)8-13(10(15)16,12(3,4)17-11)14-7-9-5-6-9/h9,14H,5-8H2,1-4H3,(H,15,16). The molecule has 1 saturated heterocycles. The van der Waals surface area contributed by atoms with Gasteiger partial charge in [-0.15, -0.1) is 0 Å². The van der Waals surface area contributed by atoms with Crippen LogP contribution in [0.5, 0.6) is 0 Å². The second-order valence-electron chi connectivity index (χ2n) is 6.58. The van der Waals surface area contributed by atoms with Gasteiger partial charge in [-0.1, -0.05) is 0 Å². The molecule has 1 atom stereocenters. The van der Waals surface area contributed by atoms with Gasteiger partial charge in [0, 0.05) is 6.42 Å². The van der Waals surface area contributed by atoms with Crippen LogP contribution in [0, 0.1) is 5.92 Å². The third-order valence-electron chi connectivity index (χ3n) is 4.00. The van der Waals surface area contributed by atoms with Crippen LogP contribution in [0.3, 0.4) is 0 Å². The second-order valence-corrected chi connectivity index (χ2v) is 6.58. The Kier molecular flexibility index (Phi) is 2.79. The van der Waals surface area contributed by atoms with E-state index in [1.54, 1.807) is 0 Å². The van der Waals surface area contributed by atoms with E-state index >= 15 is 0 Å². The number of carboxylic acids is 1. The zero-order valence-corrected chi connectivity index (χ0v) is 11.2. The Balaban J connectivity index is 2.22. The molecule has 0 aromatic heterocycles. The fourth-order valence-electron chi connectivity index (χ4n) is 2.99.